The van der Waals surface area contributed by atoms with Crippen LogP contribution in [0.15, 0.2) is 52.9 Å². The van der Waals surface area contributed by atoms with Crippen molar-refractivity contribution in [2.45, 2.75) is 26.0 Å². The van der Waals surface area contributed by atoms with Crippen molar-refractivity contribution in [3.8, 4) is 11.5 Å². The number of carbonyl (C=O) groups excluding carboxylic acids is 1. The molecule has 0 N–H and O–H groups in total. The first kappa shape index (κ1) is 18.6. The fraction of sp³-hybridized carbons (Fsp3) is 0.273. The Labute approximate surface area is 166 Å². The lowest BCUT2D eigenvalue weighted by Gasteiger charge is -2.16. The van der Waals surface area contributed by atoms with Gasteiger partial charge in [0.15, 0.2) is 0 Å². The van der Waals surface area contributed by atoms with Gasteiger partial charge in [0.2, 0.25) is 11.8 Å². The summed E-state index contributed by atoms with van der Waals surface area (Å²) in [5.74, 6) is 1.25. The second-order valence-electron chi connectivity index (χ2n) is 7.04. The quantitative estimate of drug-likeness (QED) is 0.660. The van der Waals surface area contributed by atoms with Gasteiger partial charge in [0, 0.05) is 28.6 Å². The largest absolute Gasteiger partial charge is 0.441 e. The van der Waals surface area contributed by atoms with Gasteiger partial charge >= 0.3 is 0 Å². The molecule has 0 bridgehead atoms. The number of aryl methyl sites for hydroxylation is 2. The summed E-state index contributed by atoms with van der Waals surface area (Å²) in [4.78, 5) is 18.9. The van der Waals surface area contributed by atoms with Crippen LogP contribution < -0.4 is 4.90 Å². The first-order chi connectivity index (χ1) is 13.5. The minimum absolute atomic E-state index is 0.0135. The van der Waals surface area contributed by atoms with Crippen molar-refractivity contribution in [1.82, 2.24) is 4.98 Å². The van der Waals surface area contributed by atoms with E-state index in [1.165, 1.54) is 0 Å². The Morgan fingerprint density at radius 2 is 2.00 bits per heavy atom. The van der Waals surface area contributed by atoms with E-state index >= 15 is 0 Å². The van der Waals surface area contributed by atoms with E-state index in [0.29, 0.717) is 23.9 Å². The third-order valence-corrected chi connectivity index (χ3v) is 6.09. The first-order valence-corrected chi connectivity index (χ1v) is 10.8. The zero-order valence-corrected chi connectivity index (χ0v) is 16.8. The molecule has 0 spiro atoms. The summed E-state index contributed by atoms with van der Waals surface area (Å²) in [6.45, 7) is 4.48. The van der Waals surface area contributed by atoms with E-state index in [-0.39, 0.29) is 17.4 Å². The molecule has 1 atom stereocenters. The fourth-order valence-corrected chi connectivity index (χ4v) is 4.59. The molecule has 2 aromatic carbocycles. The Kier molecular flexibility index (Phi) is 5.13. The number of oxazole rings is 1. The maximum Gasteiger partial charge on any atom is 0.239 e. The van der Waals surface area contributed by atoms with Crippen molar-refractivity contribution in [3.63, 3.8) is 0 Å². The molecule has 2 heterocycles. The number of fused-ring (bicyclic) bond motifs is 1. The van der Waals surface area contributed by atoms with Crippen LogP contribution in [-0.4, -0.2) is 27.4 Å². The summed E-state index contributed by atoms with van der Waals surface area (Å²) in [6.07, 6.45) is 0.844. The summed E-state index contributed by atoms with van der Waals surface area (Å²) in [5.41, 5.74) is 4.75. The summed E-state index contributed by atoms with van der Waals surface area (Å²) in [5, 5.41) is 0. The van der Waals surface area contributed by atoms with Gasteiger partial charge in [0.25, 0.3) is 0 Å². The summed E-state index contributed by atoms with van der Waals surface area (Å²) in [7, 11) is -1.35. The Morgan fingerprint density at radius 1 is 1.18 bits per heavy atom. The summed E-state index contributed by atoms with van der Waals surface area (Å²) in [6, 6.07) is 15.8. The van der Waals surface area contributed by atoms with Gasteiger partial charge in [0.05, 0.1) is 11.4 Å². The number of hydrogen-bond acceptors (Lipinski definition) is 4. The Hall–Kier alpha value is -2.73. The van der Waals surface area contributed by atoms with Crippen LogP contribution in [0.4, 0.5) is 5.69 Å². The minimum Gasteiger partial charge on any atom is -0.441 e. The Morgan fingerprint density at radius 3 is 2.82 bits per heavy atom. The molecule has 28 heavy (non-hydrogen) atoms. The van der Waals surface area contributed by atoms with Crippen LogP contribution in [0.25, 0.3) is 11.5 Å². The smallest absolute Gasteiger partial charge is 0.239 e. The van der Waals surface area contributed by atoms with E-state index in [2.05, 4.69) is 4.98 Å². The molecule has 1 aliphatic heterocycles. The van der Waals surface area contributed by atoms with Crippen molar-refractivity contribution in [1.29, 1.82) is 0 Å². The number of amides is 1. The number of carbonyl (C=O) groups is 1. The highest BCUT2D eigenvalue weighted by atomic mass is 32.2. The lowest BCUT2D eigenvalue weighted by Crippen LogP contribution is -2.33. The minimum atomic E-state index is -1.35. The van der Waals surface area contributed by atoms with Crippen LogP contribution in [-0.2, 0) is 27.8 Å². The standard InChI is InChI=1S/C22H22N2O3S/c1-15-6-5-8-18(12-15)22-23-19(16(2)27-22)13-28(26)14-21(25)24-11-10-17-7-3-4-9-20(17)24/h3-9,12H,10-11,13-14H2,1-2H3/t28-/m1/s1. The molecule has 0 aliphatic carbocycles. The second kappa shape index (κ2) is 7.72. The maximum atomic E-state index is 12.6. The van der Waals surface area contributed by atoms with Crippen molar-refractivity contribution >= 4 is 22.4 Å². The van der Waals surface area contributed by atoms with Gasteiger partial charge in [-0.25, -0.2) is 4.98 Å². The van der Waals surface area contributed by atoms with Crippen LogP contribution in [0.2, 0.25) is 0 Å². The molecule has 5 nitrogen and oxygen atoms in total. The average molecular weight is 394 g/mol. The van der Waals surface area contributed by atoms with Crippen molar-refractivity contribution in [3.05, 3.63) is 71.1 Å². The van der Waals surface area contributed by atoms with Crippen molar-refractivity contribution in [2.75, 3.05) is 17.2 Å². The van der Waals surface area contributed by atoms with Crippen LogP contribution in [0.1, 0.15) is 22.6 Å². The summed E-state index contributed by atoms with van der Waals surface area (Å²) < 4.78 is 18.4. The third-order valence-electron chi connectivity index (χ3n) is 4.93. The van der Waals surface area contributed by atoms with E-state index < -0.39 is 10.8 Å². The van der Waals surface area contributed by atoms with E-state index in [1.807, 2.05) is 62.4 Å². The van der Waals surface area contributed by atoms with E-state index in [1.54, 1.807) is 4.90 Å². The van der Waals surface area contributed by atoms with Gasteiger partial charge in [-0.15, -0.1) is 0 Å². The molecular weight excluding hydrogens is 372 g/mol. The molecule has 1 aromatic heterocycles. The monoisotopic (exact) mass is 394 g/mol. The molecule has 0 saturated heterocycles. The van der Waals surface area contributed by atoms with E-state index in [4.69, 9.17) is 4.42 Å². The summed E-state index contributed by atoms with van der Waals surface area (Å²) >= 11 is 0. The predicted octanol–water partition coefficient (Wildman–Crippen LogP) is 3.80. The van der Waals surface area contributed by atoms with Crippen molar-refractivity contribution < 1.29 is 13.4 Å². The molecule has 4 rings (SSSR count). The molecule has 144 valence electrons. The number of anilines is 1. The van der Waals surface area contributed by atoms with E-state index in [0.717, 1.165) is 28.8 Å². The number of nitrogens with zero attached hydrogens (tertiary/aromatic N) is 2. The highest BCUT2D eigenvalue weighted by Crippen LogP contribution is 2.28. The Bertz CT molecular complexity index is 1060. The number of aromatic nitrogens is 1. The maximum absolute atomic E-state index is 12.6. The molecule has 0 radical (unpaired) electrons. The van der Waals surface area contributed by atoms with Gasteiger partial charge in [-0.2, -0.15) is 0 Å². The fourth-order valence-electron chi connectivity index (χ4n) is 3.48. The lowest BCUT2D eigenvalue weighted by molar-refractivity contribution is -0.116. The number of rotatable bonds is 5. The molecule has 1 amide bonds. The SMILES string of the molecule is Cc1cccc(-c2nc(C[S@@](=O)CC(=O)N3CCc4ccccc43)c(C)o2)c1. The molecule has 0 unspecified atom stereocenters. The molecule has 1 aliphatic rings. The van der Waals surface area contributed by atoms with Gasteiger partial charge < -0.3 is 9.32 Å². The van der Waals surface area contributed by atoms with Gasteiger partial charge in [-0.1, -0.05) is 35.9 Å². The highest BCUT2D eigenvalue weighted by molar-refractivity contribution is 7.84. The van der Waals surface area contributed by atoms with E-state index in [9.17, 15) is 9.00 Å². The first-order valence-electron chi connectivity index (χ1n) is 9.28. The average Bonchev–Trinajstić information content (AvgIpc) is 3.26. The molecule has 6 heteroatoms. The zero-order valence-electron chi connectivity index (χ0n) is 16.0. The Balaban J connectivity index is 1.44. The molecule has 3 aromatic rings. The van der Waals surface area contributed by atoms with Crippen molar-refractivity contribution in [2.24, 2.45) is 0 Å². The van der Waals surface area contributed by atoms with Crippen LogP contribution >= 0.6 is 0 Å². The predicted molar refractivity (Wildman–Crippen MR) is 111 cm³/mol. The molecule has 0 fully saturated rings. The lowest BCUT2D eigenvalue weighted by atomic mass is 10.1. The van der Waals surface area contributed by atoms with Gasteiger partial charge in [-0.3, -0.25) is 9.00 Å². The molecular formula is C22H22N2O3S. The number of hydrogen-bond donors (Lipinski definition) is 0. The highest BCUT2D eigenvalue weighted by Gasteiger charge is 2.25. The van der Waals surface area contributed by atoms with Crippen LogP contribution in [0.3, 0.4) is 0 Å². The van der Waals surface area contributed by atoms with Gasteiger partial charge in [0.1, 0.15) is 11.5 Å². The van der Waals surface area contributed by atoms with Gasteiger partial charge in [-0.05, 0) is 44.0 Å². The zero-order chi connectivity index (χ0) is 19.7. The third kappa shape index (κ3) is 3.78. The topological polar surface area (TPSA) is 63.4 Å². The van der Waals surface area contributed by atoms with Crippen LogP contribution in [0.5, 0.6) is 0 Å². The second-order valence-corrected chi connectivity index (χ2v) is 8.50. The normalized spacial score (nSPS) is 14.1. The number of benzene rings is 2. The number of para-hydroxylation sites is 1. The molecule has 0 saturated carbocycles. The van der Waals surface area contributed by atoms with Crippen LogP contribution in [0, 0.1) is 13.8 Å².